The predicted octanol–water partition coefficient (Wildman–Crippen LogP) is 2.61. The third-order valence-electron chi connectivity index (χ3n) is 3.58. The van der Waals surface area contributed by atoms with E-state index in [9.17, 15) is 8.42 Å². The van der Waals surface area contributed by atoms with Crippen LogP contribution < -0.4 is 10.6 Å². The van der Waals surface area contributed by atoms with Gasteiger partial charge in [0.05, 0.1) is 5.02 Å². The van der Waals surface area contributed by atoms with Crippen LogP contribution in [0.15, 0.2) is 23.1 Å². The van der Waals surface area contributed by atoms with Gasteiger partial charge in [-0.2, -0.15) is 4.31 Å². The summed E-state index contributed by atoms with van der Waals surface area (Å²) in [5.41, 5.74) is 0.584. The Hall–Kier alpha value is -0.930. The van der Waals surface area contributed by atoms with Crippen LogP contribution >= 0.6 is 23.8 Å². The molecule has 1 aromatic rings. The fourth-order valence-corrected chi connectivity index (χ4v) is 4.43. The summed E-state index contributed by atoms with van der Waals surface area (Å²) in [6.07, 6.45) is 0.955. The number of thiocarbonyl (C=S) groups is 1. The highest BCUT2D eigenvalue weighted by atomic mass is 35.5. The Balaban J connectivity index is 2.83. The van der Waals surface area contributed by atoms with Crippen LogP contribution in [0.4, 0.5) is 5.69 Å². The van der Waals surface area contributed by atoms with Gasteiger partial charge in [-0.15, -0.1) is 0 Å². The summed E-state index contributed by atoms with van der Waals surface area (Å²) in [4.78, 5) is 2.18. The summed E-state index contributed by atoms with van der Waals surface area (Å²) >= 11 is 11.4. The Morgan fingerprint density at radius 3 is 2.44 bits per heavy atom. The second-order valence-electron chi connectivity index (χ2n) is 5.77. The zero-order valence-electron chi connectivity index (χ0n) is 15.2. The first-order valence-corrected chi connectivity index (χ1v) is 10.4. The molecule has 9 heteroatoms. The average Bonchev–Trinajstić information content (AvgIpc) is 2.54. The van der Waals surface area contributed by atoms with Gasteiger partial charge < -0.3 is 15.5 Å². The summed E-state index contributed by atoms with van der Waals surface area (Å²) in [5.74, 6) is 0. The van der Waals surface area contributed by atoms with Crippen LogP contribution in [-0.2, 0) is 10.0 Å². The molecule has 0 atom stereocenters. The van der Waals surface area contributed by atoms with Crippen LogP contribution in [0, 0.1) is 0 Å². The molecule has 6 nitrogen and oxygen atoms in total. The van der Waals surface area contributed by atoms with Gasteiger partial charge in [0.2, 0.25) is 10.0 Å². The summed E-state index contributed by atoms with van der Waals surface area (Å²) in [5, 5.41) is 6.76. The third-order valence-corrected chi connectivity index (χ3v) is 6.36. The second-order valence-corrected chi connectivity index (χ2v) is 8.49. The average molecular weight is 407 g/mol. The van der Waals surface area contributed by atoms with Gasteiger partial charge in [0.25, 0.3) is 0 Å². The van der Waals surface area contributed by atoms with E-state index in [0.717, 1.165) is 19.5 Å². The zero-order chi connectivity index (χ0) is 19.0. The maximum Gasteiger partial charge on any atom is 0.244 e. The molecule has 0 saturated carbocycles. The Kier molecular flexibility index (Phi) is 9.09. The maximum absolute atomic E-state index is 12.7. The fourth-order valence-electron chi connectivity index (χ4n) is 2.25. The molecule has 25 heavy (non-hydrogen) atoms. The topological polar surface area (TPSA) is 64.7 Å². The largest absolute Gasteiger partial charge is 0.362 e. The van der Waals surface area contributed by atoms with Gasteiger partial charge >= 0.3 is 0 Å². The van der Waals surface area contributed by atoms with E-state index in [1.165, 1.54) is 10.4 Å². The first kappa shape index (κ1) is 22.1. The van der Waals surface area contributed by atoms with Gasteiger partial charge in [-0.25, -0.2) is 8.42 Å². The number of hydrogen-bond acceptors (Lipinski definition) is 4. The van der Waals surface area contributed by atoms with Crippen molar-refractivity contribution in [2.75, 3.05) is 45.6 Å². The lowest BCUT2D eigenvalue weighted by Gasteiger charge is -2.20. The molecule has 0 bridgehead atoms. The summed E-state index contributed by atoms with van der Waals surface area (Å²) in [6, 6.07) is 4.79. The van der Waals surface area contributed by atoms with E-state index in [4.69, 9.17) is 23.8 Å². The minimum Gasteiger partial charge on any atom is -0.362 e. The normalized spacial score (nSPS) is 11.8. The number of nitrogens with zero attached hydrogens (tertiary/aromatic N) is 2. The van der Waals surface area contributed by atoms with Gasteiger partial charge in [-0.3, -0.25) is 0 Å². The molecule has 0 fully saturated rings. The van der Waals surface area contributed by atoms with Crippen molar-refractivity contribution in [1.82, 2.24) is 14.5 Å². The van der Waals surface area contributed by atoms with Gasteiger partial charge in [-0.1, -0.05) is 25.4 Å². The standard InChI is InChI=1S/C16H27ClN4O2S2/c1-5-21(6-2)25(22,23)15-12-13(8-9-14(15)17)19-16(24)18-10-7-11-20(3)4/h8-9,12H,5-7,10-11H2,1-4H3,(H2,18,19,24). The molecule has 0 aliphatic heterocycles. The van der Waals surface area contributed by atoms with Crippen molar-refractivity contribution in [3.8, 4) is 0 Å². The van der Waals surface area contributed by atoms with Crippen LogP contribution in [0.5, 0.6) is 0 Å². The molecule has 0 aliphatic carbocycles. The molecule has 0 amide bonds. The number of hydrogen-bond donors (Lipinski definition) is 2. The molecule has 2 N–H and O–H groups in total. The lowest BCUT2D eigenvalue weighted by molar-refractivity contribution is 0.400. The number of benzene rings is 1. The molecule has 0 spiro atoms. The molecule has 0 aromatic heterocycles. The number of rotatable bonds is 9. The minimum atomic E-state index is -3.63. The highest BCUT2D eigenvalue weighted by Gasteiger charge is 2.24. The minimum absolute atomic E-state index is 0.0817. The summed E-state index contributed by atoms with van der Waals surface area (Å²) < 4.78 is 26.7. The van der Waals surface area contributed by atoms with E-state index in [1.807, 2.05) is 14.1 Å². The molecular weight excluding hydrogens is 380 g/mol. The van der Waals surface area contributed by atoms with Crippen LogP contribution in [0.3, 0.4) is 0 Å². The van der Waals surface area contributed by atoms with Crippen LogP contribution in [-0.4, -0.2) is 63.0 Å². The third kappa shape index (κ3) is 6.71. The lowest BCUT2D eigenvalue weighted by Crippen LogP contribution is -2.32. The molecular formula is C16H27ClN4O2S2. The van der Waals surface area contributed by atoms with E-state index in [-0.39, 0.29) is 9.92 Å². The van der Waals surface area contributed by atoms with Crippen molar-refractivity contribution >= 4 is 44.6 Å². The van der Waals surface area contributed by atoms with Crippen LogP contribution in [0.25, 0.3) is 0 Å². The Morgan fingerprint density at radius 1 is 1.24 bits per heavy atom. The van der Waals surface area contributed by atoms with E-state index in [0.29, 0.717) is 23.9 Å². The molecule has 0 radical (unpaired) electrons. The van der Waals surface area contributed by atoms with Gasteiger partial charge in [0.1, 0.15) is 4.90 Å². The Morgan fingerprint density at radius 2 is 1.88 bits per heavy atom. The van der Waals surface area contributed by atoms with E-state index >= 15 is 0 Å². The first-order chi connectivity index (χ1) is 11.7. The Bertz CT molecular complexity index is 677. The van der Waals surface area contributed by atoms with Crippen molar-refractivity contribution in [1.29, 1.82) is 0 Å². The van der Waals surface area contributed by atoms with Gasteiger partial charge in [0.15, 0.2) is 5.11 Å². The van der Waals surface area contributed by atoms with Crippen molar-refractivity contribution in [2.24, 2.45) is 0 Å². The summed E-state index contributed by atoms with van der Waals surface area (Å²) in [6.45, 7) is 6.07. The van der Waals surface area contributed by atoms with E-state index < -0.39 is 10.0 Å². The molecule has 1 rings (SSSR count). The summed E-state index contributed by atoms with van der Waals surface area (Å²) in [7, 11) is 0.404. The van der Waals surface area contributed by atoms with Crippen molar-refractivity contribution < 1.29 is 8.42 Å². The predicted molar refractivity (Wildman–Crippen MR) is 109 cm³/mol. The highest BCUT2D eigenvalue weighted by molar-refractivity contribution is 7.89. The monoisotopic (exact) mass is 406 g/mol. The second kappa shape index (κ2) is 10.3. The smallest absolute Gasteiger partial charge is 0.244 e. The van der Waals surface area contributed by atoms with E-state index in [1.54, 1.807) is 26.0 Å². The molecule has 0 saturated heterocycles. The first-order valence-electron chi connectivity index (χ1n) is 8.21. The fraction of sp³-hybridized carbons (Fsp3) is 0.562. The lowest BCUT2D eigenvalue weighted by atomic mass is 10.3. The number of sulfonamides is 1. The van der Waals surface area contributed by atoms with Crippen LogP contribution in [0.2, 0.25) is 5.02 Å². The van der Waals surface area contributed by atoms with Crippen molar-refractivity contribution in [3.05, 3.63) is 23.2 Å². The van der Waals surface area contributed by atoms with Crippen molar-refractivity contribution in [3.63, 3.8) is 0 Å². The Labute approximate surface area is 161 Å². The number of anilines is 1. The quantitative estimate of drug-likeness (QED) is 0.485. The molecule has 0 aliphatic rings. The maximum atomic E-state index is 12.7. The highest BCUT2D eigenvalue weighted by Crippen LogP contribution is 2.27. The molecule has 0 unspecified atom stereocenters. The van der Waals surface area contributed by atoms with Gasteiger partial charge in [0, 0.05) is 25.3 Å². The number of nitrogens with one attached hydrogen (secondary N) is 2. The van der Waals surface area contributed by atoms with Gasteiger partial charge in [-0.05, 0) is 57.5 Å². The van der Waals surface area contributed by atoms with E-state index in [2.05, 4.69) is 15.5 Å². The zero-order valence-corrected chi connectivity index (χ0v) is 17.6. The molecule has 1 aromatic carbocycles. The number of halogens is 1. The van der Waals surface area contributed by atoms with Crippen LogP contribution in [0.1, 0.15) is 20.3 Å². The molecule has 0 heterocycles. The van der Waals surface area contributed by atoms with Crippen molar-refractivity contribution in [2.45, 2.75) is 25.2 Å². The molecule has 142 valence electrons. The SMILES string of the molecule is CCN(CC)S(=O)(=O)c1cc(NC(=S)NCCCN(C)C)ccc1Cl.